The largest absolute Gasteiger partial charge is 0.395 e. The van der Waals surface area contributed by atoms with Gasteiger partial charge in [0.25, 0.3) is 0 Å². The van der Waals surface area contributed by atoms with Crippen LogP contribution in [0.25, 0.3) is 0 Å². The maximum absolute atomic E-state index is 8.99. The van der Waals surface area contributed by atoms with Crippen LogP contribution in [0.4, 0.5) is 0 Å². The van der Waals surface area contributed by atoms with Crippen molar-refractivity contribution in [1.29, 1.82) is 0 Å². The summed E-state index contributed by atoms with van der Waals surface area (Å²) in [6.07, 6.45) is 6.28. The summed E-state index contributed by atoms with van der Waals surface area (Å²) in [4.78, 5) is 0. The van der Waals surface area contributed by atoms with Gasteiger partial charge in [0.15, 0.2) is 0 Å². The van der Waals surface area contributed by atoms with E-state index in [1.54, 1.807) is 0 Å². The van der Waals surface area contributed by atoms with Crippen LogP contribution in [0.3, 0.4) is 0 Å². The predicted octanol–water partition coefficient (Wildman–Crippen LogP) is 0.898. The highest BCUT2D eigenvalue weighted by atomic mass is 16.3. The van der Waals surface area contributed by atoms with Crippen molar-refractivity contribution < 1.29 is 10.2 Å². The van der Waals surface area contributed by atoms with Crippen LogP contribution >= 0.6 is 0 Å². The van der Waals surface area contributed by atoms with Crippen molar-refractivity contribution in [2.45, 2.75) is 51.1 Å². The van der Waals surface area contributed by atoms with Crippen LogP contribution in [0.1, 0.15) is 39.0 Å². The smallest absolute Gasteiger partial charge is 0.0607 e. The fourth-order valence-corrected chi connectivity index (χ4v) is 2.38. The van der Waals surface area contributed by atoms with Gasteiger partial charge in [-0.25, -0.2) is 0 Å². The Kier molecular flexibility index (Phi) is 5.45. The number of rotatable bonds is 5. The van der Waals surface area contributed by atoms with Crippen LogP contribution in [-0.2, 0) is 0 Å². The van der Waals surface area contributed by atoms with E-state index in [0.29, 0.717) is 6.04 Å². The molecule has 0 aromatic heterocycles. The van der Waals surface area contributed by atoms with E-state index in [4.69, 9.17) is 10.2 Å². The molecule has 0 aliphatic heterocycles. The molecule has 0 spiro atoms. The van der Waals surface area contributed by atoms with Crippen molar-refractivity contribution in [2.75, 3.05) is 13.2 Å². The minimum absolute atomic E-state index is 0.0312. The van der Waals surface area contributed by atoms with Crippen molar-refractivity contribution in [3.05, 3.63) is 0 Å². The second-order valence-corrected chi connectivity index (χ2v) is 4.29. The summed E-state index contributed by atoms with van der Waals surface area (Å²) in [5.74, 6) is 0.726. The molecular formula is C11H23NO2. The van der Waals surface area contributed by atoms with E-state index in [2.05, 4.69) is 12.2 Å². The van der Waals surface area contributed by atoms with Gasteiger partial charge in [-0.05, 0) is 18.8 Å². The van der Waals surface area contributed by atoms with Crippen LogP contribution in [0.15, 0.2) is 0 Å². The number of aliphatic hydroxyl groups excluding tert-OH is 2. The molecule has 1 fully saturated rings. The summed E-state index contributed by atoms with van der Waals surface area (Å²) in [5.41, 5.74) is 0. The Bertz CT molecular complexity index is 148. The fourth-order valence-electron chi connectivity index (χ4n) is 2.38. The van der Waals surface area contributed by atoms with E-state index in [-0.39, 0.29) is 19.3 Å². The van der Waals surface area contributed by atoms with Crippen molar-refractivity contribution in [2.24, 2.45) is 5.92 Å². The Morgan fingerprint density at radius 2 is 1.86 bits per heavy atom. The van der Waals surface area contributed by atoms with Crippen LogP contribution in [-0.4, -0.2) is 35.5 Å². The zero-order chi connectivity index (χ0) is 10.4. The molecule has 84 valence electrons. The molecule has 3 heteroatoms. The molecule has 2 unspecified atom stereocenters. The predicted molar refractivity (Wildman–Crippen MR) is 57.1 cm³/mol. The first-order chi connectivity index (χ1) is 6.81. The van der Waals surface area contributed by atoms with Gasteiger partial charge < -0.3 is 15.5 Å². The summed E-state index contributed by atoms with van der Waals surface area (Å²) < 4.78 is 0. The first-order valence-electron chi connectivity index (χ1n) is 5.79. The molecule has 0 saturated heterocycles. The molecule has 3 nitrogen and oxygen atoms in total. The third-order valence-corrected chi connectivity index (χ3v) is 3.32. The monoisotopic (exact) mass is 201 g/mol. The second kappa shape index (κ2) is 6.38. The lowest BCUT2D eigenvalue weighted by molar-refractivity contribution is 0.138. The first kappa shape index (κ1) is 12.0. The summed E-state index contributed by atoms with van der Waals surface area (Å²) in [7, 11) is 0. The zero-order valence-electron chi connectivity index (χ0n) is 9.08. The Morgan fingerprint density at radius 3 is 2.43 bits per heavy atom. The summed E-state index contributed by atoms with van der Waals surface area (Å²) in [5, 5.41) is 21.3. The van der Waals surface area contributed by atoms with Gasteiger partial charge in [0.2, 0.25) is 0 Å². The highest BCUT2D eigenvalue weighted by molar-refractivity contribution is 4.82. The molecular weight excluding hydrogens is 178 g/mol. The maximum Gasteiger partial charge on any atom is 0.0607 e. The molecule has 1 aliphatic rings. The van der Waals surface area contributed by atoms with Gasteiger partial charge in [0.1, 0.15) is 0 Å². The highest BCUT2D eigenvalue weighted by Crippen LogP contribution is 2.26. The lowest BCUT2D eigenvalue weighted by Crippen LogP contribution is -2.47. The molecule has 1 saturated carbocycles. The van der Waals surface area contributed by atoms with Crippen molar-refractivity contribution in [3.8, 4) is 0 Å². The molecule has 1 aliphatic carbocycles. The van der Waals surface area contributed by atoms with Crippen LogP contribution in [0, 0.1) is 5.92 Å². The summed E-state index contributed by atoms with van der Waals surface area (Å²) in [6, 6.07) is 0.366. The molecule has 0 heterocycles. The van der Waals surface area contributed by atoms with Gasteiger partial charge >= 0.3 is 0 Å². The lowest BCUT2D eigenvalue weighted by Gasteiger charge is -2.33. The lowest BCUT2D eigenvalue weighted by atomic mass is 9.82. The molecule has 0 amide bonds. The normalized spacial score (nSPS) is 28.3. The van der Waals surface area contributed by atoms with E-state index in [1.165, 1.54) is 32.1 Å². The third kappa shape index (κ3) is 3.23. The van der Waals surface area contributed by atoms with E-state index in [9.17, 15) is 0 Å². The third-order valence-electron chi connectivity index (χ3n) is 3.32. The number of hydrogen-bond donors (Lipinski definition) is 3. The molecule has 0 aromatic rings. The van der Waals surface area contributed by atoms with Crippen molar-refractivity contribution in [3.63, 3.8) is 0 Å². The van der Waals surface area contributed by atoms with Crippen molar-refractivity contribution >= 4 is 0 Å². The molecule has 14 heavy (non-hydrogen) atoms. The van der Waals surface area contributed by atoms with Gasteiger partial charge in [-0.1, -0.05) is 26.2 Å². The number of nitrogens with one attached hydrogen (secondary N) is 1. The minimum atomic E-state index is -0.132. The van der Waals surface area contributed by atoms with Gasteiger partial charge in [0, 0.05) is 6.04 Å². The maximum atomic E-state index is 8.99. The van der Waals surface area contributed by atoms with Gasteiger partial charge in [-0.2, -0.15) is 0 Å². The van der Waals surface area contributed by atoms with Gasteiger partial charge in [-0.3, -0.25) is 0 Å². The van der Waals surface area contributed by atoms with E-state index >= 15 is 0 Å². The van der Waals surface area contributed by atoms with Crippen LogP contribution < -0.4 is 5.32 Å². The Balaban J connectivity index is 2.39. The second-order valence-electron chi connectivity index (χ2n) is 4.29. The average molecular weight is 201 g/mol. The summed E-state index contributed by atoms with van der Waals surface area (Å²) >= 11 is 0. The average Bonchev–Trinajstić information content (AvgIpc) is 2.26. The van der Waals surface area contributed by atoms with E-state index < -0.39 is 0 Å². The quantitative estimate of drug-likeness (QED) is 0.619. The topological polar surface area (TPSA) is 52.5 Å². The Morgan fingerprint density at radius 1 is 1.21 bits per heavy atom. The Labute approximate surface area is 86.5 Å². The van der Waals surface area contributed by atoms with Gasteiger partial charge in [0.05, 0.1) is 19.3 Å². The standard InChI is InChI=1S/C11H23NO2/c1-2-9-5-3-4-6-11(9)12-10(7-13)8-14/h9-14H,2-8H2,1H3. The van der Waals surface area contributed by atoms with Crippen LogP contribution in [0.5, 0.6) is 0 Å². The highest BCUT2D eigenvalue weighted by Gasteiger charge is 2.25. The van der Waals surface area contributed by atoms with Crippen molar-refractivity contribution in [1.82, 2.24) is 5.32 Å². The molecule has 0 radical (unpaired) electrons. The number of aliphatic hydroxyl groups is 2. The first-order valence-corrected chi connectivity index (χ1v) is 5.79. The Hall–Kier alpha value is -0.120. The van der Waals surface area contributed by atoms with E-state index in [0.717, 1.165) is 5.92 Å². The summed E-state index contributed by atoms with van der Waals surface area (Å²) in [6.45, 7) is 2.28. The van der Waals surface area contributed by atoms with E-state index in [1.807, 2.05) is 0 Å². The van der Waals surface area contributed by atoms with Gasteiger partial charge in [-0.15, -0.1) is 0 Å². The zero-order valence-corrected chi connectivity index (χ0v) is 9.08. The molecule has 0 aromatic carbocycles. The minimum Gasteiger partial charge on any atom is -0.395 e. The van der Waals surface area contributed by atoms with Crippen LogP contribution in [0.2, 0.25) is 0 Å². The number of hydrogen-bond acceptors (Lipinski definition) is 3. The fraction of sp³-hybridized carbons (Fsp3) is 1.00. The SMILES string of the molecule is CCC1CCCCC1NC(CO)CO. The molecule has 3 N–H and O–H groups in total. The molecule has 0 bridgehead atoms. The molecule has 2 atom stereocenters. The molecule has 1 rings (SSSR count).